The lowest BCUT2D eigenvalue weighted by atomic mass is 10.2. The zero-order valence-electron chi connectivity index (χ0n) is 8.66. The van der Waals surface area contributed by atoms with Crippen LogP contribution in [-0.2, 0) is 0 Å². The molecule has 14 heavy (non-hydrogen) atoms. The zero-order valence-corrected chi connectivity index (χ0v) is 8.66. The third-order valence-corrected chi connectivity index (χ3v) is 2.08. The van der Waals surface area contributed by atoms with Crippen molar-refractivity contribution < 1.29 is 9.84 Å². The molecule has 0 saturated carbocycles. The summed E-state index contributed by atoms with van der Waals surface area (Å²) in [5.74, 6) is 0.820. The van der Waals surface area contributed by atoms with Crippen molar-refractivity contribution >= 4 is 5.69 Å². The SMILES string of the molecule is CCC(O)CNc1cccc(OC)c1. The summed E-state index contributed by atoms with van der Waals surface area (Å²) in [6.07, 6.45) is 0.470. The fourth-order valence-corrected chi connectivity index (χ4v) is 1.11. The maximum atomic E-state index is 9.35. The van der Waals surface area contributed by atoms with E-state index in [-0.39, 0.29) is 6.10 Å². The van der Waals surface area contributed by atoms with Crippen LogP contribution in [0.25, 0.3) is 0 Å². The Labute approximate surface area is 84.7 Å². The van der Waals surface area contributed by atoms with E-state index in [4.69, 9.17) is 4.74 Å². The first-order valence-electron chi connectivity index (χ1n) is 4.82. The minimum atomic E-state index is -0.291. The third-order valence-electron chi connectivity index (χ3n) is 2.08. The number of aliphatic hydroxyl groups excluding tert-OH is 1. The maximum Gasteiger partial charge on any atom is 0.120 e. The van der Waals surface area contributed by atoms with Gasteiger partial charge >= 0.3 is 0 Å². The van der Waals surface area contributed by atoms with Gasteiger partial charge in [0.25, 0.3) is 0 Å². The molecule has 1 aromatic carbocycles. The molecule has 78 valence electrons. The van der Waals surface area contributed by atoms with E-state index in [2.05, 4.69) is 5.32 Å². The summed E-state index contributed by atoms with van der Waals surface area (Å²) in [7, 11) is 1.64. The molecule has 0 saturated heterocycles. The van der Waals surface area contributed by atoms with Gasteiger partial charge < -0.3 is 15.2 Å². The van der Waals surface area contributed by atoms with Gasteiger partial charge in [0.2, 0.25) is 0 Å². The molecule has 3 nitrogen and oxygen atoms in total. The lowest BCUT2D eigenvalue weighted by molar-refractivity contribution is 0.183. The van der Waals surface area contributed by atoms with E-state index in [0.717, 1.165) is 17.9 Å². The number of nitrogens with one attached hydrogen (secondary N) is 1. The zero-order chi connectivity index (χ0) is 10.4. The van der Waals surface area contributed by atoms with Gasteiger partial charge in [-0.15, -0.1) is 0 Å². The van der Waals surface area contributed by atoms with Crippen LogP contribution in [0.2, 0.25) is 0 Å². The Hall–Kier alpha value is -1.22. The van der Waals surface area contributed by atoms with Crippen LogP contribution in [0.1, 0.15) is 13.3 Å². The molecular formula is C11H17NO2. The van der Waals surface area contributed by atoms with E-state index in [1.807, 2.05) is 31.2 Å². The van der Waals surface area contributed by atoms with Crippen LogP contribution < -0.4 is 10.1 Å². The molecule has 3 heteroatoms. The molecule has 0 aliphatic carbocycles. The van der Waals surface area contributed by atoms with Crippen molar-refractivity contribution in [2.75, 3.05) is 19.0 Å². The molecule has 0 radical (unpaired) electrons. The van der Waals surface area contributed by atoms with Crippen molar-refractivity contribution in [1.29, 1.82) is 0 Å². The van der Waals surface area contributed by atoms with Crippen LogP contribution in [0.3, 0.4) is 0 Å². The smallest absolute Gasteiger partial charge is 0.120 e. The van der Waals surface area contributed by atoms with E-state index in [0.29, 0.717) is 6.54 Å². The van der Waals surface area contributed by atoms with Crippen molar-refractivity contribution in [2.24, 2.45) is 0 Å². The summed E-state index contributed by atoms with van der Waals surface area (Å²) in [4.78, 5) is 0. The van der Waals surface area contributed by atoms with E-state index < -0.39 is 0 Å². The molecule has 0 bridgehead atoms. The fraction of sp³-hybridized carbons (Fsp3) is 0.455. The van der Waals surface area contributed by atoms with E-state index in [1.165, 1.54) is 0 Å². The molecule has 0 aliphatic heterocycles. The van der Waals surface area contributed by atoms with Crippen molar-refractivity contribution in [3.63, 3.8) is 0 Å². The summed E-state index contributed by atoms with van der Waals surface area (Å²) < 4.78 is 5.09. The van der Waals surface area contributed by atoms with E-state index in [1.54, 1.807) is 7.11 Å². The number of anilines is 1. The Bertz CT molecular complexity index is 276. The summed E-state index contributed by atoms with van der Waals surface area (Å²) >= 11 is 0. The van der Waals surface area contributed by atoms with Crippen molar-refractivity contribution in [1.82, 2.24) is 0 Å². The number of rotatable bonds is 5. The van der Waals surface area contributed by atoms with Gasteiger partial charge in [0, 0.05) is 18.3 Å². The fourth-order valence-electron chi connectivity index (χ4n) is 1.11. The third kappa shape index (κ3) is 3.26. The topological polar surface area (TPSA) is 41.5 Å². The Morgan fingerprint density at radius 3 is 2.93 bits per heavy atom. The second-order valence-electron chi connectivity index (χ2n) is 3.17. The summed E-state index contributed by atoms with van der Waals surface area (Å²) in [5.41, 5.74) is 0.969. The molecule has 1 unspecified atom stereocenters. The van der Waals surface area contributed by atoms with Crippen LogP contribution in [0, 0.1) is 0 Å². The predicted molar refractivity (Wildman–Crippen MR) is 57.8 cm³/mol. The minimum Gasteiger partial charge on any atom is -0.497 e. The highest BCUT2D eigenvalue weighted by molar-refractivity contribution is 5.48. The van der Waals surface area contributed by atoms with Gasteiger partial charge in [-0.25, -0.2) is 0 Å². The highest BCUT2D eigenvalue weighted by atomic mass is 16.5. The number of methoxy groups -OCH3 is 1. The van der Waals surface area contributed by atoms with Gasteiger partial charge in [0.1, 0.15) is 5.75 Å². The van der Waals surface area contributed by atoms with Crippen LogP contribution in [0.5, 0.6) is 5.75 Å². The van der Waals surface area contributed by atoms with E-state index in [9.17, 15) is 5.11 Å². The second kappa shape index (κ2) is 5.50. The summed E-state index contributed by atoms with van der Waals surface area (Å²) in [5, 5.41) is 12.5. The number of hydrogen-bond acceptors (Lipinski definition) is 3. The molecule has 1 atom stereocenters. The van der Waals surface area contributed by atoms with Crippen molar-refractivity contribution in [3.05, 3.63) is 24.3 Å². The lowest BCUT2D eigenvalue weighted by Crippen LogP contribution is -2.18. The number of aliphatic hydroxyl groups is 1. The Morgan fingerprint density at radius 1 is 1.50 bits per heavy atom. The molecule has 0 fully saturated rings. The largest absolute Gasteiger partial charge is 0.497 e. The molecular weight excluding hydrogens is 178 g/mol. The molecule has 2 N–H and O–H groups in total. The average molecular weight is 195 g/mol. The molecule has 0 aliphatic rings. The normalized spacial score (nSPS) is 12.2. The number of hydrogen-bond donors (Lipinski definition) is 2. The van der Waals surface area contributed by atoms with Crippen LogP contribution in [0.15, 0.2) is 24.3 Å². The van der Waals surface area contributed by atoms with Gasteiger partial charge in [-0.05, 0) is 18.6 Å². The van der Waals surface area contributed by atoms with Gasteiger partial charge in [0.15, 0.2) is 0 Å². The highest BCUT2D eigenvalue weighted by Gasteiger charge is 2.00. The quantitative estimate of drug-likeness (QED) is 0.753. The number of ether oxygens (including phenoxy) is 1. The molecule has 0 amide bonds. The first-order valence-corrected chi connectivity index (χ1v) is 4.82. The molecule has 0 aromatic heterocycles. The molecule has 1 rings (SSSR count). The minimum absolute atomic E-state index is 0.291. The Morgan fingerprint density at radius 2 is 2.29 bits per heavy atom. The average Bonchev–Trinajstić information content (AvgIpc) is 2.26. The molecule has 0 spiro atoms. The van der Waals surface area contributed by atoms with Gasteiger partial charge in [-0.3, -0.25) is 0 Å². The van der Waals surface area contributed by atoms with Gasteiger partial charge in [-0.2, -0.15) is 0 Å². The van der Waals surface area contributed by atoms with Crippen molar-refractivity contribution in [2.45, 2.75) is 19.4 Å². The monoisotopic (exact) mass is 195 g/mol. The first kappa shape index (κ1) is 10.9. The summed E-state index contributed by atoms with van der Waals surface area (Å²) in [6.45, 7) is 2.53. The molecule has 0 heterocycles. The predicted octanol–water partition coefficient (Wildman–Crippen LogP) is 1.88. The van der Waals surface area contributed by atoms with Crippen molar-refractivity contribution in [3.8, 4) is 5.75 Å². The van der Waals surface area contributed by atoms with Crippen LogP contribution in [-0.4, -0.2) is 24.9 Å². The first-order chi connectivity index (χ1) is 6.76. The maximum absolute atomic E-state index is 9.35. The summed E-state index contributed by atoms with van der Waals surface area (Å²) in [6, 6.07) is 7.66. The van der Waals surface area contributed by atoms with Crippen LogP contribution >= 0.6 is 0 Å². The standard InChI is InChI=1S/C11H17NO2/c1-3-10(13)8-12-9-5-4-6-11(7-9)14-2/h4-7,10,12-13H,3,8H2,1-2H3. The Balaban J connectivity index is 2.50. The van der Waals surface area contributed by atoms with E-state index >= 15 is 0 Å². The lowest BCUT2D eigenvalue weighted by Gasteiger charge is -2.11. The van der Waals surface area contributed by atoms with Gasteiger partial charge in [0.05, 0.1) is 13.2 Å². The van der Waals surface area contributed by atoms with Gasteiger partial charge in [-0.1, -0.05) is 13.0 Å². The Kier molecular flexibility index (Phi) is 4.26. The highest BCUT2D eigenvalue weighted by Crippen LogP contribution is 2.16. The molecule has 1 aromatic rings. The second-order valence-corrected chi connectivity index (χ2v) is 3.17. The van der Waals surface area contributed by atoms with Crippen LogP contribution in [0.4, 0.5) is 5.69 Å². The number of benzene rings is 1.